The van der Waals surface area contributed by atoms with E-state index in [1.807, 2.05) is 14.1 Å². The zero-order chi connectivity index (χ0) is 24.2. The molecule has 4 rings (SSSR count). The van der Waals surface area contributed by atoms with Crippen molar-refractivity contribution in [3.05, 3.63) is 38.2 Å². The lowest BCUT2D eigenvalue weighted by Gasteiger charge is -2.30. The number of benzene rings is 1. The van der Waals surface area contributed by atoms with E-state index < -0.39 is 11.8 Å². The molecule has 0 unspecified atom stereocenters. The van der Waals surface area contributed by atoms with Crippen molar-refractivity contribution in [1.82, 2.24) is 15.3 Å². The second-order valence-corrected chi connectivity index (χ2v) is 11.1. The molecule has 2 amide bonds. The highest BCUT2D eigenvalue weighted by atomic mass is 79.9. The fourth-order valence-corrected chi connectivity index (χ4v) is 6.03. The van der Waals surface area contributed by atoms with Crippen LogP contribution in [0.3, 0.4) is 0 Å². The standard InChI is InChI=1S/C24H31Br2FN6O/c1-33(2)22-17-5-3-4-6-20(17)30-23(32-22)29-16-9-7-14(8-10-16)13-28-24(34)31-21-18(26)11-15(25)12-19(21)27/h11-12,14,16H,3-10,13H2,1-2H3,(H2,28,31,34)(H,29,30,32)/t14-,16+. The third-order valence-electron chi connectivity index (χ3n) is 6.56. The Balaban J connectivity index is 1.26. The molecule has 1 aromatic heterocycles. The van der Waals surface area contributed by atoms with Crippen molar-refractivity contribution in [2.24, 2.45) is 5.92 Å². The summed E-state index contributed by atoms with van der Waals surface area (Å²) >= 11 is 6.52. The molecule has 1 heterocycles. The average Bonchev–Trinajstić information content (AvgIpc) is 2.80. The number of carbonyl (C=O) groups excluding carboxylic acids is 1. The maximum Gasteiger partial charge on any atom is 0.319 e. The van der Waals surface area contributed by atoms with Crippen LogP contribution in [0.1, 0.15) is 49.8 Å². The van der Waals surface area contributed by atoms with Crippen LogP contribution < -0.4 is 20.9 Å². The first kappa shape index (κ1) is 25.2. The van der Waals surface area contributed by atoms with Crippen molar-refractivity contribution in [3.63, 3.8) is 0 Å². The van der Waals surface area contributed by atoms with Crippen LogP contribution in [0.2, 0.25) is 0 Å². The predicted molar refractivity (Wildman–Crippen MR) is 141 cm³/mol. The number of hydrogen-bond acceptors (Lipinski definition) is 5. The summed E-state index contributed by atoms with van der Waals surface area (Å²) in [7, 11) is 4.08. The van der Waals surface area contributed by atoms with Gasteiger partial charge in [-0.25, -0.2) is 14.2 Å². The summed E-state index contributed by atoms with van der Waals surface area (Å²) in [6.07, 6.45) is 8.47. The lowest BCUT2D eigenvalue weighted by atomic mass is 9.86. The van der Waals surface area contributed by atoms with Gasteiger partial charge in [0, 0.05) is 41.2 Å². The number of nitrogens with zero attached hydrogens (tertiary/aromatic N) is 3. The van der Waals surface area contributed by atoms with E-state index >= 15 is 0 Å². The van der Waals surface area contributed by atoms with Crippen LogP contribution >= 0.6 is 31.9 Å². The lowest BCUT2D eigenvalue weighted by Crippen LogP contribution is -2.36. The Labute approximate surface area is 216 Å². The molecule has 184 valence electrons. The molecule has 1 fully saturated rings. The minimum absolute atomic E-state index is 0.135. The average molecular weight is 598 g/mol. The smallest absolute Gasteiger partial charge is 0.319 e. The molecule has 34 heavy (non-hydrogen) atoms. The molecule has 10 heteroatoms. The van der Waals surface area contributed by atoms with E-state index in [4.69, 9.17) is 9.97 Å². The topological polar surface area (TPSA) is 82.2 Å². The van der Waals surface area contributed by atoms with E-state index in [-0.39, 0.29) is 5.69 Å². The SMILES string of the molecule is CN(C)c1nc(N[C@H]2CC[C@@H](CNC(=O)Nc3c(F)cc(Br)cc3Br)CC2)nc2c1CCCC2. The van der Waals surface area contributed by atoms with Crippen molar-refractivity contribution < 1.29 is 9.18 Å². The number of halogens is 3. The minimum Gasteiger partial charge on any atom is -0.362 e. The molecule has 0 aliphatic heterocycles. The first-order valence-corrected chi connectivity index (χ1v) is 13.4. The van der Waals surface area contributed by atoms with Crippen molar-refractivity contribution in [3.8, 4) is 0 Å². The van der Waals surface area contributed by atoms with E-state index in [9.17, 15) is 9.18 Å². The van der Waals surface area contributed by atoms with Crippen LogP contribution in [0.25, 0.3) is 0 Å². The van der Waals surface area contributed by atoms with E-state index in [1.165, 1.54) is 30.2 Å². The molecule has 0 radical (unpaired) electrons. The highest BCUT2D eigenvalue weighted by Gasteiger charge is 2.24. The number of hydrogen-bond donors (Lipinski definition) is 3. The molecule has 1 aromatic carbocycles. The molecule has 3 N–H and O–H groups in total. The van der Waals surface area contributed by atoms with Crippen LogP contribution in [-0.2, 0) is 12.8 Å². The molecule has 0 bridgehead atoms. The molecule has 0 spiro atoms. The second kappa shape index (κ2) is 11.2. The van der Waals surface area contributed by atoms with Gasteiger partial charge < -0.3 is 20.9 Å². The Bertz CT molecular complexity index is 1020. The van der Waals surface area contributed by atoms with Gasteiger partial charge in [0.25, 0.3) is 0 Å². The normalized spacial score (nSPS) is 19.8. The van der Waals surface area contributed by atoms with Gasteiger partial charge in [0.2, 0.25) is 5.95 Å². The number of carbonyl (C=O) groups is 1. The van der Waals surface area contributed by atoms with E-state index in [0.717, 1.165) is 50.3 Å². The van der Waals surface area contributed by atoms with Crippen molar-refractivity contribution in [2.45, 2.75) is 57.4 Å². The van der Waals surface area contributed by atoms with Gasteiger partial charge in [0.15, 0.2) is 0 Å². The van der Waals surface area contributed by atoms with Gasteiger partial charge in [-0.15, -0.1) is 0 Å². The number of fused-ring (bicyclic) bond motifs is 1. The van der Waals surface area contributed by atoms with Gasteiger partial charge in [-0.2, -0.15) is 4.98 Å². The van der Waals surface area contributed by atoms with Gasteiger partial charge >= 0.3 is 6.03 Å². The summed E-state index contributed by atoms with van der Waals surface area (Å²) in [5.74, 6) is 1.66. The van der Waals surface area contributed by atoms with Crippen molar-refractivity contribution in [2.75, 3.05) is 36.2 Å². The van der Waals surface area contributed by atoms with Crippen LogP contribution in [0.5, 0.6) is 0 Å². The third kappa shape index (κ3) is 6.19. The third-order valence-corrected chi connectivity index (χ3v) is 7.64. The summed E-state index contributed by atoms with van der Waals surface area (Å²) in [6, 6.07) is 2.94. The number of nitrogens with one attached hydrogen (secondary N) is 3. The van der Waals surface area contributed by atoms with E-state index in [1.54, 1.807) is 6.07 Å². The molecule has 1 saturated carbocycles. The summed E-state index contributed by atoms with van der Waals surface area (Å²) in [5.41, 5.74) is 2.62. The Morgan fingerprint density at radius 3 is 2.56 bits per heavy atom. The summed E-state index contributed by atoms with van der Waals surface area (Å²) in [4.78, 5) is 24.0. The van der Waals surface area contributed by atoms with Crippen LogP contribution in [0.4, 0.5) is 26.6 Å². The summed E-state index contributed by atoms with van der Waals surface area (Å²) in [6.45, 7) is 0.564. The lowest BCUT2D eigenvalue weighted by molar-refractivity contribution is 0.246. The van der Waals surface area contributed by atoms with Crippen LogP contribution in [0, 0.1) is 11.7 Å². The van der Waals surface area contributed by atoms with Crippen LogP contribution in [-0.4, -0.2) is 42.7 Å². The molecule has 2 aromatic rings. The number of aromatic nitrogens is 2. The molecule has 0 atom stereocenters. The molecule has 2 aliphatic rings. The maximum absolute atomic E-state index is 14.1. The number of rotatable bonds is 6. The maximum atomic E-state index is 14.1. The Kier molecular flexibility index (Phi) is 8.29. The molecule has 2 aliphatic carbocycles. The highest BCUT2D eigenvalue weighted by Crippen LogP contribution is 2.31. The summed E-state index contributed by atoms with van der Waals surface area (Å²) in [5, 5.41) is 9.05. The predicted octanol–water partition coefficient (Wildman–Crippen LogP) is 5.88. The zero-order valence-electron chi connectivity index (χ0n) is 19.6. The molecule has 0 saturated heterocycles. The highest BCUT2D eigenvalue weighted by molar-refractivity contribution is 9.11. The number of anilines is 3. The zero-order valence-corrected chi connectivity index (χ0v) is 22.7. The van der Waals surface area contributed by atoms with Gasteiger partial charge in [0.1, 0.15) is 11.6 Å². The minimum atomic E-state index is -0.496. The first-order chi connectivity index (χ1) is 16.3. The number of aryl methyl sites for hydroxylation is 1. The Morgan fingerprint density at radius 2 is 1.85 bits per heavy atom. The van der Waals surface area contributed by atoms with Gasteiger partial charge in [0.05, 0.1) is 11.4 Å². The largest absolute Gasteiger partial charge is 0.362 e. The van der Waals surface area contributed by atoms with Gasteiger partial charge in [-0.1, -0.05) is 15.9 Å². The van der Waals surface area contributed by atoms with E-state index in [0.29, 0.717) is 27.4 Å². The van der Waals surface area contributed by atoms with Gasteiger partial charge in [-0.3, -0.25) is 0 Å². The fraction of sp³-hybridized carbons (Fsp3) is 0.542. The summed E-state index contributed by atoms with van der Waals surface area (Å²) < 4.78 is 15.2. The van der Waals surface area contributed by atoms with Crippen molar-refractivity contribution in [1.29, 1.82) is 0 Å². The Hall–Kier alpha value is -1.94. The Morgan fingerprint density at radius 1 is 1.12 bits per heavy atom. The number of urea groups is 1. The molecule has 7 nitrogen and oxygen atoms in total. The molecular formula is C24H31Br2FN6O. The van der Waals surface area contributed by atoms with E-state index in [2.05, 4.69) is 52.7 Å². The molecular weight excluding hydrogens is 567 g/mol. The monoisotopic (exact) mass is 596 g/mol. The van der Waals surface area contributed by atoms with Gasteiger partial charge in [-0.05, 0) is 85.3 Å². The quantitative estimate of drug-likeness (QED) is 0.387. The first-order valence-electron chi connectivity index (χ1n) is 11.8. The second-order valence-electron chi connectivity index (χ2n) is 9.34. The fourth-order valence-electron chi connectivity index (χ4n) is 4.76. The van der Waals surface area contributed by atoms with Crippen molar-refractivity contribution >= 4 is 55.3 Å². The van der Waals surface area contributed by atoms with Crippen LogP contribution in [0.15, 0.2) is 21.1 Å². The number of amides is 2.